The van der Waals surface area contributed by atoms with Crippen LogP contribution in [-0.2, 0) is 23.7 Å². The van der Waals surface area contributed by atoms with E-state index in [1.165, 1.54) is 19.3 Å². The smallest absolute Gasteiger partial charge is 0.338 e. The minimum Gasteiger partial charge on any atom is -0.433 e. The van der Waals surface area contributed by atoms with E-state index >= 15 is 0 Å². The topological polar surface area (TPSA) is 54.0 Å². The van der Waals surface area contributed by atoms with Crippen LogP contribution in [0.1, 0.15) is 46.0 Å². The number of carbonyl (C=O) groups excluding carboxylic acids is 1. The van der Waals surface area contributed by atoms with Crippen molar-refractivity contribution in [3.8, 4) is 0 Å². The van der Waals surface area contributed by atoms with E-state index in [0.29, 0.717) is 6.61 Å². The van der Waals surface area contributed by atoms with Crippen LogP contribution in [0.25, 0.3) is 0 Å². The molecule has 0 aromatic rings. The third-order valence-electron chi connectivity index (χ3n) is 3.39. The SMILES string of the molecule is C=CCOCC(=C)C(=O)OC(C)OC(C)OC1CCCCC1. The van der Waals surface area contributed by atoms with Gasteiger partial charge in [0.2, 0.25) is 6.29 Å². The van der Waals surface area contributed by atoms with Crippen molar-refractivity contribution in [1.29, 1.82) is 0 Å². The van der Waals surface area contributed by atoms with Crippen molar-refractivity contribution < 1.29 is 23.7 Å². The molecule has 0 aromatic carbocycles. The maximum absolute atomic E-state index is 11.8. The predicted molar refractivity (Wildman–Crippen MR) is 84.2 cm³/mol. The van der Waals surface area contributed by atoms with Crippen LogP contribution in [-0.4, -0.2) is 37.9 Å². The van der Waals surface area contributed by atoms with Crippen molar-refractivity contribution in [2.45, 2.75) is 64.6 Å². The van der Waals surface area contributed by atoms with Gasteiger partial charge in [0, 0.05) is 0 Å². The van der Waals surface area contributed by atoms with Crippen LogP contribution < -0.4 is 0 Å². The molecule has 0 aliphatic heterocycles. The maximum Gasteiger partial charge on any atom is 0.338 e. The molecule has 5 nitrogen and oxygen atoms in total. The van der Waals surface area contributed by atoms with E-state index in [2.05, 4.69) is 13.2 Å². The molecule has 1 aliphatic rings. The highest BCUT2D eigenvalue weighted by atomic mass is 16.8. The van der Waals surface area contributed by atoms with Gasteiger partial charge in [0.1, 0.15) is 0 Å². The van der Waals surface area contributed by atoms with E-state index in [9.17, 15) is 4.79 Å². The molecule has 0 radical (unpaired) electrons. The summed E-state index contributed by atoms with van der Waals surface area (Å²) in [6.07, 6.45) is 6.57. The lowest BCUT2D eigenvalue weighted by Gasteiger charge is -2.27. The van der Waals surface area contributed by atoms with Crippen LogP contribution in [0.4, 0.5) is 0 Å². The van der Waals surface area contributed by atoms with Crippen LogP contribution >= 0.6 is 0 Å². The molecule has 22 heavy (non-hydrogen) atoms. The number of ether oxygens (including phenoxy) is 4. The number of rotatable bonds is 10. The van der Waals surface area contributed by atoms with E-state index in [0.717, 1.165) is 12.8 Å². The van der Waals surface area contributed by atoms with Gasteiger partial charge in [-0.3, -0.25) is 0 Å². The Hall–Kier alpha value is -1.17. The van der Waals surface area contributed by atoms with Crippen LogP contribution in [0.5, 0.6) is 0 Å². The normalized spacial score (nSPS) is 18.5. The summed E-state index contributed by atoms with van der Waals surface area (Å²) in [6, 6.07) is 0. The molecule has 5 heteroatoms. The van der Waals surface area contributed by atoms with Crippen LogP contribution in [0.15, 0.2) is 24.8 Å². The first-order valence-corrected chi connectivity index (χ1v) is 7.91. The minimum atomic E-state index is -0.692. The lowest BCUT2D eigenvalue weighted by atomic mass is 9.98. The van der Waals surface area contributed by atoms with Gasteiger partial charge in [0.25, 0.3) is 0 Å². The zero-order valence-electron chi connectivity index (χ0n) is 13.7. The van der Waals surface area contributed by atoms with Crippen LogP contribution in [0, 0.1) is 0 Å². The fourth-order valence-corrected chi connectivity index (χ4v) is 2.36. The molecule has 2 atom stereocenters. The lowest BCUT2D eigenvalue weighted by Crippen LogP contribution is -2.29. The Morgan fingerprint density at radius 3 is 2.55 bits per heavy atom. The van der Waals surface area contributed by atoms with Crippen molar-refractivity contribution in [2.24, 2.45) is 0 Å². The molecule has 1 aliphatic carbocycles. The Balaban J connectivity index is 2.22. The third-order valence-corrected chi connectivity index (χ3v) is 3.39. The molecule has 0 aromatic heterocycles. The third kappa shape index (κ3) is 7.73. The molecule has 0 heterocycles. The Morgan fingerprint density at radius 1 is 1.23 bits per heavy atom. The fourth-order valence-electron chi connectivity index (χ4n) is 2.36. The number of esters is 1. The summed E-state index contributed by atoms with van der Waals surface area (Å²) in [5.74, 6) is -0.526. The molecule has 0 bridgehead atoms. The van der Waals surface area contributed by atoms with E-state index < -0.39 is 18.5 Å². The fraction of sp³-hybridized carbons (Fsp3) is 0.706. The molecular formula is C17H28O5. The Labute approximate surface area is 133 Å². The van der Waals surface area contributed by atoms with E-state index in [-0.39, 0.29) is 18.3 Å². The molecule has 1 saturated carbocycles. The molecular weight excluding hydrogens is 284 g/mol. The zero-order valence-corrected chi connectivity index (χ0v) is 13.7. The molecule has 1 rings (SSSR count). The minimum absolute atomic E-state index is 0.117. The second-order valence-corrected chi connectivity index (χ2v) is 5.48. The Kier molecular flexibility index (Phi) is 9.04. The second-order valence-electron chi connectivity index (χ2n) is 5.48. The van der Waals surface area contributed by atoms with Crippen molar-refractivity contribution >= 4 is 5.97 Å². The van der Waals surface area contributed by atoms with Gasteiger partial charge >= 0.3 is 5.97 Å². The summed E-state index contributed by atoms with van der Waals surface area (Å²) >= 11 is 0. The predicted octanol–water partition coefficient (Wildman–Crippen LogP) is 3.35. The van der Waals surface area contributed by atoms with Gasteiger partial charge in [-0.2, -0.15) is 0 Å². The van der Waals surface area contributed by atoms with Crippen LogP contribution in [0.3, 0.4) is 0 Å². The molecule has 0 spiro atoms. The first-order chi connectivity index (χ1) is 10.5. The molecule has 2 unspecified atom stereocenters. The number of carbonyl (C=O) groups is 1. The summed E-state index contributed by atoms with van der Waals surface area (Å²) in [4.78, 5) is 11.8. The van der Waals surface area contributed by atoms with Gasteiger partial charge in [-0.05, 0) is 26.7 Å². The Morgan fingerprint density at radius 2 is 1.91 bits per heavy atom. The van der Waals surface area contributed by atoms with Crippen LogP contribution in [0.2, 0.25) is 0 Å². The van der Waals surface area contributed by atoms with E-state index in [1.54, 1.807) is 13.0 Å². The molecule has 126 valence electrons. The summed E-state index contributed by atoms with van der Waals surface area (Å²) in [5, 5.41) is 0. The number of hydrogen-bond donors (Lipinski definition) is 0. The van der Waals surface area contributed by atoms with Crippen molar-refractivity contribution in [2.75, 3.05) is 13.2 Å². The second kappa shape index (κ2) is 10.5. The highest BCUT2D eigenvalue weighted by Crippen LogP contribution is 2.22. The average Bonchev–Trinajstić information content (AvgIpc) is 2.47. The molecule has 0 amide bonds. The summed E-state index contributed by atoms with van der Waals surface area (Å²) in [7, 11) is 0. The molecule has 0 saturated heterocycles. The van der Waals surface area contributed by atoms with E-state index in [4.69, 9.17) is 18.9 Å². The summed E-state index contributed by atoms with van der Waals surface area (Å²) in [5.41, 5.74) is 0.248. The quantitative estimate of drug-likeness (QED) is 0.204. The summed E-state index contributed by atoms with van der Waals surface area (Å²) < 4.78 is 21.6. The molecule has 0 N–H and O–H groups in total. The Bertz CT molecular complexity index is 360. The van der Waals surface area contributed by atoms with Gasteiger partial charge in [0.15, 0.2) is 6.29 Å². The van der Waals surface area contributed by atoms with Gasteiger partial charge in [-0.25, -0.2) is 4.79 Å². The van der Waals surface area contributed by atoms with Crippen molar-refractivity contribution in [1.82, 2.24) is 0 Å². The summed E-state index contributed by atoms with van der Waals surface area (Å²) in [6.45, 7) is 11.1. The standard InChI is InChI=1S/C17H28O5/c1-5-11-19-12-13(2)17(18)22-15(4)20-14(3)21-16-9-7-6-8-10-16/h5,14-16H,1-2,6-12H2,3-4H3. The molecule has 1 fully saturated rings. The van der Waals surface area contributed by atoms with Gasteiger partial charge < -0.3 is 18.9 Å². The lowest BCUT2D eigenvalue weighted by molar-refractivity contribution is -0.241. The van der Waals surface area contributed by atoms with Crippen molar-refractivity contribution in [3.05, 3.63) is 24.8 Å². The first-order valence-electron chi connectivity index (χ1n) is 7.91. The highest BCUT2D eigenvalue weighted by Gasteiger charge is 2.20. The first kappa shape index (κ1) is 18.9. The van der Waals surface area contributed by atoms with Gasteiger partial charge in [-0.15, -0.1) is 6.58 Å². The largest absolute Gasteiger partial charge is 0.433 e. The number of hydrogen-bond acceptors (Lipinski definition) is 5. The van der Waals surface area contributed by atoms with E-state index in [1.807, 2.05) is 6.92 Å². The monoisotopic (exact) mass is 312 g/mol. The maximum atomic E-state index is 11.8. The van der Waals surface area contributed by atoms with Crippen molar-refractivity contribution in [3.63, 3.8) is 0 Å². The highest BCUT2D eigenvalue weighted by molar-refractivity contribution is 5.88. The van der Waals surface area contributed by atoms with Gasteiger partial charge in [0.05, 0.1) is 24.9 Å². The zero-order chi connectivity index (χ0) is 16.4. The van der Waals surface area contributed by atoms with Gasteiger partial charge in [-0.1, -0.05) is 31.9 Å². The average molecular weight is 312 g/mol.